The summed E-state index contributed by atoms with van der Waals surface area (Å²) in [5.74, 6) is 0. The average Bonchev–Trinajstić information content (AvgIpc) is 3.02. The fraction of sp³-hybridized carbons (Fsp3) is 0.200. The van der Waals surface area contributed by atoms with Gasteiger partial charge in [0.1, 0.15) is 5.52 Å². The Morgan fingerprint density at radius 2 is 1.66 bits per heavy atom. The maximum atomic E-state index is 4.97. The first-order valence-electron chi connectivity index (χ1n) is 10.2. The lowest BCUT2D eigenvalue weighted by atomic mass is 10.0. The van der Waals surface area contributed by atoms with Crippen molar-refractivity contribution < 1.29 is 4.57 Å². The van der Waals surface area contributed by atoms with E-state index in [-0.39, 0.29) is 0 Å². The fourth-order valence-corrected chi connectivity index (χ4v) is 6.61. The highest BCUT2D eigenvalue weighted by Gasteiger charge is 2.28. The molecular formula is C25H24N3Si+. The Hall–Kier alpha value is -2.98. The molecule has 3 heterocycles. The highest BCUT2D eigenvalue weighted by atomic mass is 28.3. The van der Waals surface area contributed by atoms with Gasteiger partial charge < -0.3 is 4.40 Å². The van der Waals surface area contributed by atoms with Crippen LogP contribution in [0.15, 0.2) is 54.9 Å². The molecule has 0 saturated carbocycles. The van der Waals surface area contributed by atoms with Crippen LogP contribution >= 0.6 is 0 Å². The summed E-state index contributed by atoms with van der Waals surface area (Å²) in [7, 11) is 0.592. The molecule has 3 nitrogen and oxygen atoms in total. The van der Waals surface area contributed by atoms with Gasteiger partial charge in [-0.1, -0.05) is 56.0 Å². The minimum atomic E-state index is -1.54. The topological polar surface area (TPSA) is 21.2 Å². The molecule has 0 aliphatic rings. The zero-order valence-corrected chi connectivity index (χ0v) is 18.5. The fourth-order valence-electron chi connectivity index (χ4n) is 5.13. The number of aryl methyl sites for hydroxylation is 2. The average molecular weight is 395 g/mol. The van der Waals surface area contributed by atoms with Crippen LogP contribution < -0.4 is 9.75 Å². The predicted octanol–water partition coefficient (Wildman–Crippen LogP) is 5.06. The Balaban J connectivity index is 2.07. The number of hydrogen-bond donors (Lipinski definition) is 0. The van der Waals surface area contributed by atoms with Crippen LogP contribution in [-0.4, -0.2) is 17.5 Å². The zero-order valence-electron chi connectivity index (χ0n) is 17.5. The van der Waals surface area contributed by atoms with Gasteiger partial charge in [0.25, 0.3) is 6.33 Å². The lowest BCUT2D eigenvalue weighted by Gasteiger charge is -2.19. The van der Waals surface area contributed by atoms with E-state index in [1.165, 1.54) is 59.9 Å². The third-order valence-electron chi connectivity index (χ3n) is 6.44. The molecule has 3 aromatic carbocycles. The summed E-state index contributed by atoms with van der Waals surface area (Å²) in [5.41, 5.74) is 7.63. The van der Waals surface area contributed by atoms with Crippen LogP contribution in [-0.2, 0) is 7.05 Å². The molecule has 142 valence electrons. The molecule has 6 rings (SSSR count). The molecule has 0 radical (unpaired) electrons. The maximum Gasteiger partial charge on any atom is 0.287 e. The van der Waals surface area contributed by atoms with E-state index in [0.717, 1.165) is 0 Å². The van der Waals surface area contributed by atoms with Crippen LogP contribution in [0.25, 0.3) is 49.1 Å². The number of benzene rings is 3. The molecule has 0 aliphatic carbocycles. The van der Waals surface area contributed by atoms with Crippen LogP contribution in [0.1, 0.15) is 5.56 Å². The smallest absolute Gasteiger partial charge is 0.287 e. The van der Waals surface area contributed by atoms with Crippen LogP contribution in [0.4, 0.5) is 0 Å². The van der Waals surface area contributed by atoms with Crippen LogP contribution in [0, 0.1) is 6.92 Å². The molecule has 0 amide bonds. The van der Waals surface area contributed by atoms with Gasteiger partial charge in [-0.3, -0.25) is 0 Å². The van der Waals surface area contributed by atoms with Gasteiger partial charge in [0.15, 0.2) is 5.52 Å². The van der Waals surface area contributed by atoms with Gasteiger partial charge in [0.05, 0.1) is 37.1 Å². The van der Waals surface area contributed by atoms with Crippen molar-refractivity contribution in [1.29, 1.82) is 0 Å². The van der Waals surface area contributed by atoms with Gasteiger partial charge in [-0.05, 0) is 34.8 Å². The van der Waals surface area contributed by atoms with Gasteiger partial charge in [-0.25, -0.2) is 4.57 Å². The van der Waals surface area contributed by atoms with E-state index in [1.807, 2.05) is 6.33 Å². The second-order valence-corrected chi connectivity index (χ2v) is 14.4. The van der Waals surface area contributed by atoms with Crippen molar-refractivity contribution in [1.82, 2.24) is 9.38 Å². The van der Waals surface area contributed by atoms with Crippen molar-refractivity contribution in [2.75, 3.05) is 0 Å². The van der Waals surface area contributed by atoms with Gasteiger partial charge in [-0.2, -0.15) is 0 Å². The Kier molecular flexibility index (Phi) is 3.11. The highest BCUT2D eigenvalue weighted by molar-refractivity contribution is 6.90. The van der Waals surface area contributed by atoms with Gasteiger partial charge in [-0.15, -0.1) is 0 Å². The summed E-state index contributed by atoms with van der Waals surface area (Å²) in [6.45, 7) is 9.45. The number of aromatic nitrogens is 3. The second-order valence-electron chi connectivity index (χ2n) is 9.32. The molecule has 6 aromatic rings. The number of rotatable bonds is 1. The number of para-hydroxylation sites is 1. The summed E-state index contributed by atoms with van der Waals surface area (Å²) < 4.78 is 4.68. The Bertz CT molecular complexity index is 1600. The molecule has 29 heavy (non-hydrogen) atoms. The zero-order chi connectivity index (χ0) is 20.1. The molecule has 0 bridgehead atoms. The Labute approximate surface area is 170 Å². The first-order valence-corrected chi connectivity index (χ1v) is 13.7. The summed E-state index contributed by atoms with van der Waals surface area (Å²) in [5, 5.41) is 6.71. The molecule has 0 fully saturated rings. The molecule has 0 spiro atoms. The van der Waals surface area contributed by atoms with E-state index in [0.29, 0.717) is 0 Å². The van der Waals surface area contributed by atoms with Crippen LogP contribution in [0.5, 0.6) is 0 Å². The normalized spacial score (nSPS) is 13.0. The van der Waals surface area contributed by atoms with Crippen LogP contribution in [0.2, 0.25) is 19.6 Å². The van der Waals surface area contributed by atoms with E-state index < -0.39 is 8.07 Å². The Morgan fingerprint density at radius 3 is 2.45 bits per heavy atom. The monoisotopic (exact) mass is 394 g/mol. The third kappa shape index (κ3) is 2.02. The van der Waals surface area contributed by atoms with E-state index >= 15 is 0 Å². The first kappa shape index (κ1) is 16.9. The maximum absolute atomic E-state index is 4.97. The quantitative estimate of drug-likeness (QED) is 0.165. The van der Waals surface area contributed by atoms with Crippen molar-refractivity contribution >= 4 is 62.4 Å². The SMILES string of the molecule is Cc1ccc2c3ccccc3n3c4ccc([Si](C)(C)C)c5nc[n+](C)c(c1c23)c54. The lowest BCUT2D eigenvalue weighted by Crippen LogP contribution is -2.40. The summed E-state index contributed by atoms with van der Waals surface area (Å²) in [6, 6.07) is 18.0. The Morgan fingerprint density at radius 1 is 0.862 bits per heavy atom. The van der Waals surface area contributed by atoms with E-state index in [4.69, 9.17) is 4.98 Å². The standard InChI is InChI=1S/C25H24N3Si/c1-15-10-11-17-16-8-6-7-9-18(16)28-19-12-13-20(29(3,4)5)23-22(19)25(21(15)24(17)28)27(2)14-26-23/h6-14H,1-5H3/q+1. The minimum Gasteiger partial charge on any atom is -0.308 e. The van der Waals surface area contributed by atoms with E-state index in [9.17, 15) is 0 Å². The van der Waals surface area contributed by atoms with Crippen molar-refractivity contribution in [3.63, 3.8) is 0 Å². The third-order valence-corrected chi connectivity index (χ3v) is 8.46. The van der Waals surface area contributed by atoms with Crippen molar-refractivity contribution in [3.8, 4) is 0 Å². The molecule has 0 unspecified atom stereocenters. The van der Waals surface area contributed by atoms with E-state index in [1.54, 1.807) is 0 Å². The molecule has 0 saturated heterocycles. The molecule has 0 atom stereocenters. The molecule has 0 N–H and O–H groups in total. The van der Waals surface area contributed by atoms with Gasteiger partial charge in [0, 0.05) is 16.2 Å². The van der Waals surface area contributed by atoms with Crippen molar-refractivity contribution in [3.05, 3.63) is 60.4 Å². The van der Waals surface area contributed by atoms with Crippen LogP contribution in [0.3, 0.4) is 0 Å². The number of fused-ring (bicyclic) bond motifs is 5. The van der Waals surface area contributed by atoms with Gasteiger partial charge in [0.2, 0.25) is 0 Å². The number of nitrogens with zero attached hydrogens (tertiary/aromatic N) is 3. The summed E-state index contributed by atoms with van der Waals surface area (Å²) in [6.07, 6.45) is 2.00. The second kappa shape index (κ2) is 5.33. The largest absolute Gasteiger partial charge is 0.308 e. The summed E-state index contributed by atoms with van der Waals surface area (Å²) >= 11 is 0. The number of hydrogen-bond acceptors (Lipinski definition) is 1. The van der Waals surface area contributed by atoms with E-state index in [2.05, 4.69) is 91.1 Å². The van der Waals surface area contributed by atoms with Gasteiger partial charge >= 0.3 is 0 Å². The minimum absolute atomic E-state index is 1.18. The predicted molar refractivity (Wildman–Crippen MR) is 125 cm³/mol. The molecule has 4 heteroatoms. The molecule has 0 aliphatic heterocycles. The lowest BCUT2D eigenvalue weighted by molar-refractivity contribution is -0.646. The van der Waals surface area contributed by atoms with Crippen molar-refractivity contribution in [2.45, 2.75) is 26.6 Å². The molecular weight excluding hydrogens is 370 g/mol. The first-order chi connectivity index (χ1) is 13.9. The van der Waals surface area contributed by atoms with Crippen molar-refractivity contribution in [2.24, 2.45) is 7.05 Å². The molecule has 3 aromatic heterocycles. The highest BCUT2D eigenvalue weighted by Crippen LogP contribution is 2.39. The number of pyridine rings is 1. The summed E-state index contributed by atoms with van der Waals surface area (Å²) in [4.78, 5) is 4.97.